The van der Waals surface area contributed by atoms with Gasteiger partial charge in [0.25, 0.3) is 0 Å². The van der Waals surface area contributed by atoms with Crippen LogP contribution >= 0.6 is 0 Å². The summed E-state index contributed by atoms with van der Waals surface area (Å²) in [4.78, 5) is 6.87. The van der Waals surface area contributed by atoms with Crippen molar-refractivity contribution in [2.45, 2.75) is 19.4 Å². The molecule has 0 amide bonds. The van der Waals surface area contributed by atoms with E-state index in [-0.39, 0.29) is 6.04 Å². The first-order valence-corrected chi connectivity index (χ1v) is 11.2. The lowest BCUT2D eigenvalue weighted by atomic mass is 10.0. The van der Waals surface area contributed by atoms with E-state index in [0.717, 1.165) is 68.8 Å². The second-order valence-corrected chi connectivity index (χ2v) is 7.87. The lowest BCUT2D eigenvalue weighted by molar-refractivity contribution is 0.0170. The fourth-order valence-electron chi connectivity index (χ4n) is 3.93. The third kappa shape index (κ3) is 6.61. The number of nitrogens with zero attached hydrogens (tertiary/aromatic N) is 2. The summed E-state index contributed by atoms with van der Waals surface area (Å²) in [6, 6.07) is 14.9. The second kappa shape index (κ2) is 12.3. The van der Waals surface area contributed by atoms with Gasteiger partial charge in [0.05, 0.1) is 33.5 Å². The number of ether oxygens (including phenoxy) is 3. The van der Waals surface area contributed by atoms with Gasteiger partial charge in [0.1, 0.15) is 11.5 Å². The fourth-order valence-corrected chi connectivity index (χ4v) is 3.93. The standard InChI is InChI=1S/C25H36N4O3/c1-19-5-6-20(17-24(19)31-4)11-12-27-25(26-2)28-18-23(29-13-15-32-16-14-29)21-7-9-22(30-3)10-8-21/h5-10,17,23H,11-16,18H2,1-4H3,(H2,26,27,28). The number of morpholine rings is 1. The maximum Gasteiger partial charge on any atom is 0.191 e. The largest absolute Gasteiger partial charge is 0.497 e. The zero-order valence-electron chi connectivity index (χ0n) is 19.7. The topological polar surface area (TPSA) is 67.4 Å². The molecule has 1 fully saturated rings. The molecule has 0 spiro atoms. The Morgan fingerprint density at radius 3 is 2.47 bits per heavy atom. The van der Waals surface area contributed by atoms with Crippen LogP contribution in [-0.2, 0) is 11.2 Å². The summed E-state index contributed by atoms with van der Waals surface area (Å²) < 4.78 is 16.3. The molecule has 1 aliphatic rings. The summed E-state index contributed by atoms with van der Waals surface area (Å²) in [5.41, 5.74) is 3.64. The molecule has 2 N–H and O–H groups in total. The first-order valence-electron chi connectivity index (χ1n) is 11.2. The number of rotatable bonds is 9. The zero-order chi connectivity index (χ0) is 22.8. The van der Waals surface area contributed by atoms with E-state index in [1.54, 1.807) is 21.3 Å². The van der Waals surface area contributed by atoms with Crippen molar-refractivity contribution >= 4 is 5.96 Å². The first kappa shape index (κ1) is 23.9. The number of aliphatic imine (C=N–C) groups is 1. The van der Waals surface area contributed by atoms with Gasteiger partial charge in [0.2, 0.25) is 0 Å². The van der Waals surface area contributed by atoms with E-state index >= 15 is 0 Å². The average molecular weight is 441 g/mol. The Labute approximate surface area is 191 Å². The monoisotopic (exact) mass is 440 g/mol. The fraction of sp³-hybridized carbons (Fsp3) is 0.480. The molecule has 7 nitrogen and oxygen atoms in total. The Kier molecular flexibility index (Phi) is 9.19. The van der Waals surface area contributed by atoms with Crippen LogP contribution in [0.25, 0.3) is 0 Å². The molecule has 1 saturated heterocycles. The number of nitrogens with one attached hydrogen (secondary N) is 2. The normalized spacial score (nSPS) is 15.8. The van der Waals surface area contributed by atoms with Crippen molar-refractivity contribution in [1.29, 1.82) is 0 Å². The number of guanidine groups is 1. The van der Waals surface area contributed by atoms with Gasteiger partial charge in [-0.3, -0.25) is 9.89 Å². The number of hydrogen-bond acceptors (Lipinski definition) is 5. The summed E-state index contributed by atoms with van der Waals surface area (Å²) >= 11 is 0. The smallest absolute Gasteiger partial charge is 0.191 e. The molecule has 0 aliphatic carbocycles. The lowest BCUT2D eigenvalue weighted by Crippen LogP contribution is -2.46. The molecular formula is C25H36N4O3. The van der Waals surface area contributed by atoms with Crippen molar-refractivity contribution in [2.24, 2.45) is 4.99 Å². The van der Waals surface area contributed by atoms with Gasteiger partial charge >= 0.3 is 0 Å². The highest BCUT2D eigenvalue weighted by Crippen LogP contribution is 2.24. The average Bonchev–Trinajstić information content (AvgIpc) is 2.85. The molecule has 174 valence electrons. The molecule has 1 atom stereocenters. The van der Waals surface area contributed by atoms with Crippen molar-refractivity contribution in [3.05, 3.63) is 59.2 Å². The highest BCUT2D eigenvalue weighted by atomic mass is 16.5. The minimum atomic E-state index is 0.227. The van der Waals surface area contributed by atoms with Crippen molar-refractivity contribution in [2.75, 3.05) is 60.7 Å². The van der Waals surface area contributed by atoms with Crippen molar-refractivity contribution in [3.8, 4) is 11.5 Å². The van der Waals surface area contributed by atoms with Crippen LogP contribution < -0.4 is 20.1 Å². The van der Waals surface area contributed by atoms with E-state index < -0.39 is 0 Å². The number of benzene rings is 2. The Bertz CT molecular complexity index is 864. The van der Waals surface area contributed by atoms with Crippen LogP contribution in [-0.4, -0.2) is 71.5 Å². The van der Waals surface area contributed by atoms with E-state index in [0.29, 0.717) is 0 Å². The maximum absolute atomic E-state index is 5.56. The lowest BCUT2D eigenvalue weighted by Gasteiger charge is -2.35. The molecule has 0 bridgehead atoms. The van der Waals surface area contributed by atoms with Gasteiger partial charge in [-0.2, -0.15) is 0 Å². The summed E-state index contributed by atoms with van der Waals surface area (Å²) in [5.74, 6) is 2.60. The Hall–Kier alpha value is -2.77. The van der Waals surface area contributed by atoms with Gasteiger partial charge in [-0.05, 0) is 48.2 Å². The quantitative estimate of drug-likeness (QED) is 0.462. The predicted octanol–water partition coefficient (Wildman–Crippen LogP) is 2.79. The van der Waals surface area contributed by atoms with Crippen molar-refractivity contribution in [1.82, 2.24) is 15.5 Å². The summed E-state index contributed by atoms with van der Waals surface area (Å²) in [5, 5.41) is 6.95. The highest BCUT2D eigenvalue weighted by Gasteiger charge is 2.23. The van der Waals surface area contributed by atoms with Gasteiger partial charge in [-0.15, -0.1) is 0 Å². The SMILES string of the molecule is CN=C(NCCc1ccc(C)c(OC)c1)NCC(c1ccc(OC)cc1)N1CCOCC1. The number of methoxy groups -OCH3 is 2. The Morgan fingerprint density at radius 2 is 1.81 bits per heavy atom. The van der Waals surface area contributed by atoms with Crippen LogP contribution in [0.4, 0.5) is 0 Å². The summed E-state index contributed by atoms with van der Waals surface area (Å²) in [6.45, 7) is 6.96. The van der Waals surface area contributed by atoms with Crippen LogP contribution in [0.2, 0.25) is 0 Å². The van der Waals surface area contributed by atoms with Gasteiger partial charge in [0.15, 0.2) is 5.96 Å². The Balaban J connectivity index is 1.58. The molecule has 0 aromatic heterocycles. The number of hydrogen-bond donors (Lipinski definition) is 2. The van der Waals surface area contributed by atoms with Crippen LogP contribution in [0.3, 0.4) is 0 Å². The molecule has 1 heterocycles. The van der Waals surface area contributed by atoms with Gasteiger partial charge < -0.3 is 24.8 Å². The van der Waals surface area contributed by atoms with E-state index in [2.05, 4.69) is 57.8 Å². The van der Waals surface area contributed by atoms with E-state index in [9.17, 15) is 0 Å². The predicted molar refractivity (Wildman–Crippen MR) is 129 cm³/mol. The molecule has 1 aliphatic heterocycles. The third-order valence-corrected chi connectivity index (χ3v) is 5.85. The molecule has 3 rings (SSSR count). The Morgan fingerprint density at radius 1 is 1.06 bits per heavy atom. The summed E-state index contributed by atoms with van der Waals surface area (Å²) in [7, 11) is 5.21. The molecule has 7 heteroatoms. The van der Waals surface area contributed by atoms with E-state index in [4.69, 9.17) is 14.2 Å². The highest BCUT2D eigenvalue weighted by molar-refractivity contribution is 5.79. The van der Waals surface area contributed by atoms with Gasteiger partial charge in [0, 0.05) is 33.2 Å². The first-order chi connectivity index (χ1) is 15.6. The molecular weight excluding hydrogens is 404 g/mol. The molecule has 0 radical (unpaired) electrons. The minimum Gasteiger partial charge on any atom is -0.497 e. The second-order valence-electron chi connectivity index (χ2n) is 7.87. The number of aryl methyl sites for hydroxylation is 1. The maximum atomic E-state index is 5.56. The van der Waals surface area contributed by atoms with Crippen LogP contribution in [0.15, 0.2) is 47.5 Å². The van der Waals surface area contributed by atoms with Crippen molar-refractivity contribution < 1.29 is 14.2 Å². The van der Waals surface area contributed by atoms with Crippen LogP contribution in [0.5, 0.6) is 11.5 Å². The summed E-state index contributed by atoms with van der Waals surface area (Å²) in [6.07, 6.45) is 0.892. The van der Waals surface area contributed by atoms with Crippen LogP contribution in [0.1, 0.15) is 22.7 Å². The van der Waals surface area contributed by atoms with E-state index in [1.807, 2.05) is 12.1 Å². The minimum absolute atomic E-state index is 0.227. The molecule has 0 saturated carbocycles. The third-order valence-electron chi connectivity index (χ3n) is 5.85. The van der Waals surface area contributed by atoms with E-state index in [1.165, 1.54) is 11.1 Å². The van der Waals surface area contributed by atoms with Crippen molar-refractivity contribution in [3.63, 3.8) is 0 Å². The molecule has 2 aromatic rings. The molecule has 2 aromatic carbocycles. The molecule has 1 unspecified atom stereocenters. The van der Waals surface area contributed by atoms with Crippen LogP contribution in [0, 0.1) is 6.92 Å². The molecule has 32 heavy (non-hydrogen) atoms. The van der Waals surface area contributed by atoms with Gasteiger partial charge in [-0.25, -0.2) is 0 Å². The van der Waals surface area contributed by atoms with Gasteiger partial charge in [-0.1, -0.05) is 24.3 Å². The zero-order valence-corrected chi connectivity index (χ0v) is 19.7.